The average Bonchev–Trinajstić information content (AvgIpc) is 3.40. The van der Waals surface area contributed by atoms with Crippen molar-refractivity contribution in [2.24, 2.45) is 0 Å². The van der Waals surface area contributed by atoms with Gasteiger partial charge in [-0.05, 0) is 36.2 Å². The molecular weight excluding hydrogens is 362 g/mol. The van der Waals surface area contributed by atoms with E-state index in [1.54, 1.807) is 22.1 Å². The lowest BCUT2D eigenvalue weighted by atomic mass is 10.0. The van der Waals surface area contributed by atoms with Crippen molar-refractivity contribution in [3.05, 3.63) is 52.7 Å². The fourth-order valence-corrected chi connectivity index (χ4v) is 4.68. The zero-order chi connectivity index (χ0) is 18.4. The van der Waals surface area contributed by atoms with E-state index in [9.17, 15) is 4.79 Å². The summed E-state index contributed by atoms with van der Waals surface area (Å²) in [6.07, 6.45) is 4.49. The monoisotopic (exact) mass is 379 g/mol. The number of aromatic amines is 2. The van der Waals surface area contributed by atoms with Crippen molar-refractivity contribution < 1.29 is 4.74 Å². The fourth-order valence-electron chi connectivity index (χ4n) is 3.44. The van der Waals surface area contributed by atoms with E-state index in [0.717, 1.165) is 33.7 Å². The molecule has 0 atom stereocenters. The first-order valence-corrected chi connectivity index (χ1v) is 9.61. The number of nitrogens with one attached hydrogen (secondary N) is 2. The van der Waals surface area contributed by atoms with Gasteiger partial charge in [0.15, 0.2) is 5.82 Å². The summed E-state index contributed by atoms with van der Waals surface area (Å²) in [7, 11) is 0. The van der Waals surface area contributed by atoms with Gasteiger partial charge in [-0.25, -0.2) is 9.89 Å². The molecule has 27 heavy (non-hydrogen) atoms. The number of hydrogen-bond acceptors (Lipinski definition) is 5. The van der Waals surface area contributed by atoms with E-state index >= 15 is 0 Å². The van der Waals surface area contributed by atoms with Gasteiger partial charge in [-0.15, -0.1) is 11.3 Å². The summed E-state index contributed by atoms with van der Waals surface area (Å²) in [6, 6.07) is 8.37. The van der Waals surface area contributed by atoms with E-state index in [0.29, 0.717) is 19.0 Å². The van der Waals surface area contributed by atoms with Crippen molar-refractivity contribution in [1.82, 2.24) is 25.0 Å². The van der Waals surface area contributed by atoms with Crippen molar-refractivity contribution >= 4 is 11.3 Å². The molecule has 3 aromatic heterocycles. The van der Waals surface area contributed by atoms with Crippen LogP contribution >= 0.6 is 11.3 Å². The van der Waals surface area contributed by atoms with Gasteiger partial charge in [0.2, 0.25) is 0 Å². The first-order chi connectivity index (χ1) is 13.2. The molecule has 136 valence electrons. The zero-order valence-electron chi connectivity index (χ0n) is 14.7. The molecule has 0 aliphatic carbocycles. The second-order valence-electron chi connectivity index (χ2n) is 6.36. The summed E-state index contributed by atoms with van der Waals surface area (Å²) >= 11 is 1.65. The Labute approximate surface area is 158 Å². The Morgan fingerprint density at radius 2 is 2.22 bits per heavy atom. The van der Waals surface area contributed by atoms with E-state index in [2.05, 4.69) is 44.7 Å². The SMILES string of the molecule is CCn1c(-c2cc3c(s2)-c2ccc(-c4cn[nH]c4)cc2OCC3)n[nH]c1=O. The molecule has 0 fully saturated rings. The molecule has 0 saturated heterocycles. The minimum Gasteiger partial charge on any atom is -0.493 e. The number of ether oxygens (including phenoxy) is 1. The van der Waals surface area contributed by atoms with Crippen LogP contribution in [0.2, 0.25) is 0 Å². The Hall–Kier alpha value is -3.13. The molecule has 4 heterocycles. The lowest BCUT2D eigenvalue weighted by Crippen LogP contribution is -2.16. The van der Waals surface area contributed by atoms with Crippen LogP contribution < -0.4 is 10.4 Å². The van der Waals surface area contributed by atoms with Crippen LogP contribution in [0.1, 0.15) is 12.5 Å². The molecule has 0 bridgehead atoms. The molecular formula is C19H17N5O2S. The van der Waals surface area contributed by atoms with Gasteiger partial charge in [0.1, 0.15) is 5.75 Å². The number of rotatable bonds is 3. The molecule has 0 amide bonds. The topological polar surface area (TPSA) is 88.6 Å². The maximum absolute atomic E-state index is 11.9. The lowest BCUT2D eigenvalue weighted by molar-refractivity contribution is 0.326. The molecule has 0 spiro atoms. The second-order valence-corrected chi connectivity index (χ2v) is 7.41. The van der Waals surface area contributed by atoms with Gasteiger partial charge in [0, 0.05) is 35.2 Å². The first-order valence-electron chi connectivity index (χ1n) is 8.79. The Bertz CT molecular complexity index is 1170. The highest BCUT2D eigenvalue weighted by Crippen LogP contribution is 2.44. The Morgan fingerprint density at radius 3 is 3.04 bits per heavy atom. The Balaban J connectivity index is 1.62. The molecule has 2 N–H and O–H groups in total. The average molecular weight is 379 g/mol. The quantitative estimate of drug-likeness (QED) is 0.572. The van der Waals surface area contributed by atoms with E-state index in [1.165, 1.54) is 10.4 Å². The van der Waals surface area contributed by atoms with Crippen LogP contribution in [0.3, 0.4) is 0 Å². The van der Waals surface area contributed by atoms with Gasteiger partial charge in [-0.2, -0.15) is 10.2 Å². The van der Waals surface area contributed by atoms with Crippen LogP contribution in [0, 0.1) is 0 Å². The molecule has 5 rings (SSSR count). The summed E-state index contributed by atoms with van der Waals surface area (Å²) in [6.45, 7) is 3.15. The molecule has 4 aromatic rings. The molecule has 0 radical (unpaired) electrons. The van der Waals surface area contributed by atoms with E-state index in [4.69, 9.17) is 4.74 Å². The number of nitrogens with zero attached hydrogens (tertiary/aromatic N) is 3. The predicted molar refractivity (Wildman–Crippen MR) is 104 cm³/mol. The van der Waals surface area contributed by atoms with E-state index < -0.39 is 0 Å². The number of aromatic nitrogens is 5. The van der Waals surface area contributed by atoms with Crippen LogP contribution in [-0.4, -0.2) is 31.6 Å². The minimum absolute atomic E-state index is 0.176. The maximum Gasteiger partial charge on any atom is 0.343 e. The van der Waals surface area contributed by atoms with Gasteiger partial charge in [-0.1, -0.05) is 6.07 Å². The summed E-state index contributed by atoms with van der Waals surface area (Å²) in [5, 5.41) is 13.6. The Morgan fingerprint density at radius 1 is 1.30 bits per heavy atom. The van der Waals surface area contributed by atoms with Crippen molar-refractivity contribution in [2.75, 3.05) is 6.61 Å². The van der Waals surface area contributed by atoms with Crippen molar-refractivity contribution in [2.45, 2.75) is 19.9 Å². The van der Waals surface area contributed by atoms with E-state index in [-0.39, 0.29) is 5.69 Å². The third kappa shape index (κ3) is 2.60. The van der Waals surface area contributed by atoms with Crippen LogP contribution in [0.5, 0.6) is 5.75 Å². The molecule has 1 aliphatic rings. The molecule has 7 nitrogen and oxygen atoms in total. The summed E-state index contributed by atoms with van der Waals surface area (Å²) in [5.41, 5.74) is 4.22. The van der Waals surface area contributed by atoms with Crippen LogP contribution in [0.15, 0.2) is 41.5 Å². The van der Waals surface area contributed by atoms with Crippen LogP contribution in [0.25, 0.3) is 32.3 Å². The summed E-state index contributed by atoms with van der Waals surface area (Å²) < 4.78 is 7.68. The minimum atomic E-state index is -0.176. The molecule has 0 unspecified atom stereocenters. The van der Waals surface area contributed by atoms with E-state index in [1.807, 2.05) is 13.1 Å². The number of fused-ring (bicyclic) bond motifs is 3. The highest BCUT2D eigenvalue weighted by atomic mass is 32.1. The largest absolute Gasteiger partial charge is 0.493 e. The first kappa shape index (κ1) is 16.1. The summed E-state index contributed by atoms with van der Waals surface area (Å²) in [5.74, 6) is 1.56. The third-order valence-corrected chi connectivity index (χ3v) is 6.00. The van der Waals surface area contributed by atoms with Crippen molar-refractivity contribution in [1.29, 1.82) is 0 Å². The normalized spacial score (nSPS) is 12.9. The van der Waals surface area contributed by atoms with Gasteiger partial charge in [0.05, 0.1) is 17.7 Å². The second kappa shape index (κ2) is 6.24. The fraction of sp³-hybridized carbons (Fsp3) is 0.211. The van der Waals surface area contributed by atoms with Crippen molar-refractivity contribution in [3.63, 3.8) is 0 Å². The van der Waals surface area contributed by atoms with Gasteiger partial charge < -0.3 is 4.74 Å². The molecule has 1 aliphatic heterocycles. The maximum atomic E-state index is 11.9. The molecule has 0 saturated carbocycles. The smallest absolute Gasteiger partial charge is 0.343 e. The Kier molecular flexibility index (Phi) is 3.71. The third-order valence-electron chi connectivity index (χ3n) is 4.79. The summed E-state index contributed by atoms with van der Waals surface area (Å²) in [4.78, 5) is 14.1. The number of hydrogen-bond donors (Lipinski definition) is 2. The van der Waals surface area contributed by atoms with Crippen LogP contribution in [-0.2, 0) is 13.0 Å². The van der Waals surface area contributed by atoms with Gasteiger partial charge >= 0.3 is 5.69 Å². The van der Waals surface area contributed by atoms with Crippen LogP contribution in [0.4, 0.5) is 0 Å². The van der Waals surface area contributed by atoms with Gasteiger partial charge in [-0.3, -0.25) is 9.67 Å². The highest BCUT2D eigenvalue weighted by molar-refractivity contribution is 7.19. The number of thiophene rings is 1. The standard InChI is InChI=1S/C19H17N5O2S/c1-2-24-18(22-23-19(24)25)16-8-12-5-6-26-15-7-11(13-9-20-21-10-13)3-4-14(15)17(12)27-16/h3-4,7-10H,2,5-6H2,1H3,(H,20,21)(H,23,25). The van der Waals surface area contributed by atoms with Crippen molar-refractivity contribution in [3.8, 4) is 38.0 Å². The number of benzene rings is 1. The van der Waals surface area contributed by atoms with Gasteiger partial charge in [0.25, 0.3) is 0 Å². The molecule has 1 aromatic carbocycles. The zero-order valence-corrected chi connectivity index (χ0v) is 15.5. The number of H-pyrrole nitrogens is 2. The molecule has 8 heteroatoms. The predicted octanol–water partition coefficient (Wildman–Crippen LogP) is 3.31. The lowest BCUT2D eigenvalue weighted by Gasteiger charge is -2.09. The highest BCUT2D eigenvalue weighted by Gasteiger charge is 2.22.